The maximum Gasteiger partial charge on any atom is 0.286 e. The molecule has 2 aliphatic rings. The molecule has 2 aliphatic heterocycles. The van der Waals surface area contributed by atoms with Crippen molar-refractivity contribution < 1.29 is 4.79 Å². The molecule has 0 N–H and O–H groups in total. The van der Waals surface area contributed by atoms with Crippen molar-refractivity contribution in [3.8, 4) is 0 Å². The fourth-order valence-electron chi connectivity index (χ4n) is 4.82. The van der Waals surface area contributed by atoms with Crippen molar-refractivity contribution in [3.05, 3.63) is 112 Å². The highest BCUT2D eigenvalue weighted by Gasteiger charge is 2.31. The van der Waals surface area contributed by atoms with Crippen molar-refractivity contribution in [2.24, 2.45) is 4.99 Å². The number of benzene rings is 3. The molecule has 1 fully saturated rings. The molecule has 184 valence electrons. The van der Waals surface area contributed by atoms with Crippen LogP contribution in [0.5, 0.6) is 0 Å². The normalized spacial score (nSPS) is 18.2. The van der Waals surface area contributed by atoms with Gasteiger partial charge in [0, 0.05) is 26.2 Å². The van der Waals surface area contributed by atoms with E-state index in [0.717, 1.165) is 36.9 Å². The van der Waals surface area contributed by atoms with E-state index in [1.165, 1.54) is 28.5 Å². The van der Waals surface area contributed by atoms with Crippen LogP contribution in [0.4, 0.5) is 0 Å². The first kappa shape index (κ1) is 24.5. The minimum atomic E-state index is -0.135. The maximum atomic E-state index is 12.7. The SMILES string of the molecule is CC(C)(C)c1ccc(C=C2SC(N3CCN(C(c4ccccc4)c4ccccc4)CC3)=NC2=O)cc1. The Hall–Kier alpha value is -3.15. The number of piperazine rings is 1. The van der Waals surface area contributed by atoms with E-state index in [-0.39, 0.29) is 17.4 Å². The van der Waals surface area contributed by atoms with Crippen molar-refractivity contribution in [1.82, 2.24) is 9.80 Å². The van der Waals surface area contributed by atoms with E-state index in [2.05, 4.69) is 120 Å². The lowest BCUT2D eigenvalue weighted by molar-refractivity contribution is -0.113. The van der Waals surface area contributed by atoms with E-state index in [1.807, 2.05) is 6.08 Å². The first-order valence-electron chi connectivity index (χ1n) is 12.6. The number of nitrogens with zero attached hydrogens (tertiary/aromatic N) is 3. The fraction of sp³-hybridized carbons (Fsp3) is 0.290. The van der Waals surface area contributed by atoms with Gasteiger partial charge >= 0.3 is 0 Å². The Morgan fingerprint density at radius 3 is 1.89 bits per heavy atom. The number of thioether (sulfide) groups is 1. The van der Waals surface area contributed by atoms with Gasteiger partial charge in [0.05, 0.1) is 10.9 Å². The molecule has 1 saturated heterocycles. The molecule has 3 aromatic carbocycles. The second-order valence-corrected chi connectivity index (χ2v) is 11.4. The second kappa shape index (κ2) is 10.5. The number of aliphatic imine (C=N–C) groups is 1. The molecule has 0 bridgehead atoms. The van der Waals surface area contributed by atoms with Crippen LogP contribution in [-0.4, -0.2) is 47.1 Å². The van der Waals surface area contributed by atoms with Gasteiger partial charge in [0.2, 0.25) is 0 Å². The van der Waals surface area contributed by atoms with Crippen LogP contribution in [0.15, 0.2) is 94.8 Å². The van der Waals surface area contributed by atoms with E-state index in [1.54, 1.807) is 0 Å². The first-order chi connectivity index (χ1) is 17.4. The monoisotopic (exact) mass is 495 g/mol. The fourth-order valence-corrected chi connectivity index (χ4v) is 5.79. The summed E-state index contributed by atoms with van der Waals surface area (Å²) >= 11 is 1.50. The average Bonchev–Trinajstić information content (AvgIpc) is 3.25. The van der Waals surface area contributed by atoms with Crippen molar-refractivity contribution in [1.29, 1.82) is 0 Å². The van der Waals surface area contributed by atoms with Gasteiger partial charge in [0.1, 0.15) is 0 Å². The molecule has 5 rings (SSSR count). The molecule has 4 nitrogen and oxygen atoms in total. The lowest BCUT2D eigenvalue weighted by Gasteiger charge is -2.40. The summed E-state index contributed by atoms with van der Waals surface area (Å²) in [5, 5.41) is 0.827. The number of rotatable bonds is 4. The number of carbonyl (C=O) groups excluding carboxylic acids is 1. The summed E-state index contributed by atoms with van der Waals surface area (Å²) in [5.74, 6) is -0.135. The Balaban J connectivity index is 1.26. The number of hydrogen-bond donors (Lipinski definition) is 0. The molecule has 2 heterocycles. The van der Waals surface area contributed by atoms with Crippen LogP contribution in [0.25, 0.3) is 6.08 Å². The average molecular weight is 496 g/mol. The van der Waals surface area contributed by atoms with Gasteiger partial charge in [-0.3, -0.25) is 9.69 Å². The number of carbonyl (C=O) groups is 1. The molecule has 3 aromatic rings. The van der Waals surface area contributed by atoms with Crippen LogP contribution in [0.2, 0.25) is 0 Å². The Bertz CT molecular complexity index is 1210. The van der Waals surface area contributed by atoms with Crippen molar-refractivity contribution in [2.45, 2.75) is 32.2 Å². The third-order valence-corrected chi connectivity index (χ3v) is 7.91. The molecule has 1 amide bonds. The maximum absolute atomic E-state index is 12.7. The van der Waals surface area contributed by atoms with Crippen molar-refractivity contribution >= 4 is 28.9 Å². The van der Waals surface area contributed by atoms with Crippen LogP contribution < -0.4 is 0 Å². The third-order valence-electron chi connectivity index (χ3n) is 6.86. The van der Waals surface area contributed by atoms with Crippen LogP contribution >= 0.6 is 11.8 Å². The molecule has 0 radical (unpaired) electrons. The zero-order valence-electron chi connectivity index (χ0n) is 21.2. The predicted octanol–water partition coefficient (Wildman–Crippen LogP) is 6.36. The molecule has 36 heavy (non-hydrogen) atoms. The summed E-state index contributed by atoms with van der Waals surface area (Å²) in [6, 6.07) is 30.1. The van der Waals surface area contributed by atoms with E-state index < -0.39 is 0 Å². The van der Waals surface area contributed by atoms with Gasteiger partial charge in [-0.1, -0.05) is 106 Å². The summed E-state index contributed by atoms with van der Waals surface area (Å²) in [7, 11) is 0. The van der Waals surface area contributed by atoms with Gasteiger partial charge < -0.3 is 4.90 Å². The van der Waals surface area contributed by atoms with Crippen molar-refractivity contribution in [3.63, 3.8) is 0 Å². The van der Waals surface area contributed by atoms with Crippen LogP contribution in [0.1, 0.15) is 49.1 Å². The third kappa shape index (κ3) is 5.48. The van der Waals surface area contributed by atoms with Gasteiger partial charge in [0.25, 0.3) is 5.91 Å². The summed E-state index contributed by atoms with van der Waals surface area (Å²) in [4.78, 5) is 22.6. The predicted molar refractivity (Wildman–Crippen MR) is 151 cm³/mol. The quantitative estimate of drug-likeness (QED) is 0.395. The summed E-state index contributed by atoms with van der Waals surface area (Å²) in [5.41, 5.74) is 5.05. The smallest absolute Gasteiger partial charge is 0.286 e. The highest BCUT2D eigenvalue weighted by atomic mass is 32.2. The minimum absolute atomic E-state index is 0.113. The standard InChI is InChI=1S/C31H33N3OS/c1-31(2,3)26-16-14-23(15-17-26)22-27-29(35)32-30(36-27)34-20-18-33(19-21-34)28(24-10-6-4-7-11-24)25-12-8-5-9-13-25/h4-17,22,28H,18-21H2,1-3H3. The van der Waals surface area contributed by atoms with Gasteiger partial charge in [-0.05, 0) is 45.5 Å². The highest BCUT2D eigenvalue weighted by molar-refractivity contribution is 8.18. The van der Waals surface area contributed by atoms with Gasteiger partial charge in [-0.15, -0.1) is 0 Å². The highest BCUT2D eigenvalue weighted by Crippen LogP contribution is 2.33. The Labute approximate surface area is 218 Å². The largest absolute Gasteiger partial charge is 0.348 e. The summed E-state index contributed by atoms with van der Waals surface area (Å²) in [6.45, 7) is 10.1. The van der Waals surface area contributed by atoms with Crippen LogP contribution in [0, 0.1) is 0 Å². The molecule has 0 aromatic heterocycles. The zero-order chi connectivity index (χ0) is 25.1. The molecular weight excluding hydrogens is 462 g/mol. The Morgan fingerprint density at radius 2 is 1.36 bits per heavy atom. The molecular formula is C31H33N3OS. The summed E-state index contributed by atoms with van der Waals surface area (Å²) in [6.07, 6.45) is 1.97. The van der Waals surface area contributed by atoms with Gasteiger partial charge in [-0.2, -0.15) is 4.99 Å². The molecule has 5 heteroatoms. The zero-order valence-corrected chi connectivity index (χ0v) is 22.0. The molecule has 0 saturated carbocycles. The first-order valence-corrected chi connectivity index (χ1v) is 13.4. The van der Waals surface area contributed by atoms with Gasteiger partial charge in [0.15, 0.2) is 5.17 Å². The number of amides is 1. The van der Waals surface area contributed by atoms with E-state index in [4.69, 9.17) is 0 Å². The van der Waals surface area contributed by atoms with Crippen LogP contribution in [-0.2, 0) is 10.2 Å². The van der Waals surface area contributed by atoms with Crippen LogP contribution in [0.3, 0.4) is 0 Å². The molecule has 0 atom stereocenters. The Kier molecular flexibility index (Phi) is 7.13. The van der Waals surface area contributed by atoms with Gasteiger partial charge in [-0.25, -0.2) is 0 Å². The second-order valence-electron chi connectivity index (χ2n) is 10.4. The summed E-state index contributed by atoms with van der Waals surface area (Å²) < 4.78 is 0. The molecule has 0 unspecified atom stereocenters. The minimum Gasteiger partial charge on any atom is -0.348 e. The molecule has 0 spiro atoms. The molecule has 0 aliphatic carbocycles. The lowest BCUT2D eigenvalue weighted by Crippen LogP contribution is -2.49. The Morgan fingerprint density at radius 1 is 0.806 bits per heavy atom. The topological polar surface area (TPSA) is 35.9 Å². The van der Waals surface area contributed by atoms with E-state index in [0.29, 0.717) is 4.91 Å². The lowest BCUT2D eigenvalue weighted by atomic mass is 9.87. The number of amidine groups is 1. The van der Waals surface area contributed by atoms with Crippen molar-refractivity contribution in [2.75, 3.05) is 26.2 Å². The number of hydrogen-bond acceptors (Lipinski definition) is 4. The van der Waals surface area contributed by atoms with E-state index >= 15 is 0 Å². The van der Waals surface area contributed by atoms with E-state index in [9.17, 15) is 4.79 Å².